The van der Waals surface area contributed by atoms with Crippen molar-refractivity contribution in [2.75, 3.05) is 7.11 Å². The van der Waals surface area contributed by atoms with Crippen molar-refractivity contribution in [3.8, 4) is 5.75 Å². The third kappa shape index (κ3) is 4.26. The molecule has 0 aliphatic rings. The van der Waals surface area contributed by atoms with Gasteiger partial charge >= 0.3 is 5.91 Å². The molecule has 0 aliphatic heterocycles. The van der Waals surface area contributed by atoms with Crippen LogP contribution in [0.15, 0.2) is 48.5 Å². The number of ether oxygens (including phenoxy) is 1. The van der Waals surface area contributed by atoms with Gasteiger partial charge in [-0.3, -0.25) is 5.32 Å². The summed E-state index contributed by atoms with van der Waals surface area (Å²) in [5.41, 5.74) is 3.64. The maximum Gasteiger partial charge on any atom is 0.360 e. The Labute approximate surface area is 182 Å². The Morgan fingerprint density at radius 1 is 1.26 bits per heavy atom. The van der Waals surface area contributed by atoms with E-state index < -0.39 is 0 Å². The van der Waals surface area contributed by atoms with Crippen molar-refractivity contribution < 1.29 is 19.2 Å². The van der Waals surface area contributed by atoms with Crippen LogP contribution in [0.2, 0.25) is 0 Å². The molecule has 0 radical (unpaired) electrons. The number of carbonyl (C=O) groups excluding carboxylic acids is 1. The highest BCUT2D eigenvalue weighted by atomic mass is 32.1. The highest BCUT2D eigenvalue weighted by Crippen LogP contribution is 2.30. The van der Waals surface area contributed by atoms with E-state index in [4.69, 9.17) is 10.1 Å². The molecule has 1 amide bonds. The molecule has 2 aromatic carbocycles. The molecule has 6 nitrogen and oxygen atoms in total. The number of halogens is 1. The second-order valence-corrected chi connectivity index (χ2v) is 8.24. The molecule has 8 heteroatoms. The largest absolute Gasteiger partial charge is 0.497 e. The van der Waals surface area contributed by atoms with Crippen LogP contribution in [0.3, 0.4) is 0 Å². The third-order valence-corrected chi connectivity index (χ3v) is 6.19. The number of aryl methyl sites for hydroxylation is 1. The van der Waals surface area contributed by atoms with Crippen molar-refractivity contribution in [2.24, 2.45) is 7.05 Å². The number of hydrogen-bond acceptors (Lipinski definition) is 5. The number of nitrogens with one attached hydrogen (secondary N) is 1. The number of quaternary nitrogens is 1. The first kappa shape index (κ1) is 20.9. The number of fused-ring (bicyclic) bond motifs is 1. The second kappa shape index (κ2) is 8.79. The van der Waals surface area contributed by atoms with Crippen LogP contribution in [0.4, 0.5) is 4.39 Å². The Hall–Kier alpha value is -3.36. The standard InChI is InChI=1S/C23H21FN4O2S/c1-28-20(23(29)26-13-15-4-3-5-17(10-15)30-2)18(12-25)21-22(28)27-19(31-21)11-14-6-8-16(24)9-7-14/h3-10,12,25H,11,13H2,1-2H3,(H,26,29)/p+1. The Morgan fingerprint density at radius 2 is 2.03 bits per heavy atom. The minimum Gasteiger partial charge on any atom is -0.497 e. The molecule has 0 bridgehead atoms. The van der Waals surface area contributed by atoms with Gasteiger partial charge in [-0.25, -0.2) is 14.2 Å². The van der Waals surface area contributed by atoms with Gasteiger partial charge in [0.15, 0.2) is 11.3 Å². The fraction of sp³-hybridized carbons (Fsp3) is 0.174. The summed E-state index contributed by atoms with van der Waals surface area (Å²) in [6, 6.07) is 13.9. The number of rotatable bonds is 7. The van der Waals surface area contributed by atoms with E-state index >= 15 is 0 Å². The number of aromatic nitrogens is 2. The van der Waals surface area contributed by atoms with E-state index in [9.17, 15) is 9.18 Å². The topological polar surface area (TPSA) is 84.6 Å². The van der Waals surface area contributed by atoms with Gasteiger partial charge in [0.2, 0.25) is 0 Å². The van der Waals surface area contributed by atoms with Crippen molar-refractivity contribution >= 4 is 33.8 Å². The van der Waals surface area contributed by atoms with Gasteiger partial charge < -0.3 is 14.7 Å². The van der Waals surface area contributed by atoms with E-state index in [0.29, 0.717) is 29.9 Å². The average Bonchev–Trinajstić information content (AvgIpc) is 3.30. The number of nitrogens with two attached hydrogens (primary N) is 1. The first-order chi connectivity index (χ1) is 15.0. The van der Waals surface area contributed by atoms with E-state index in [1.54, 1.807) is 36.2 Å². The summed E-state index contributed by atoms with van der Waals surface area (Å²) in [4.78, 5) is 17.7. The molecule has 0 saturated heterocycles. The molecule has 4 rings (SSSR count). The predicted octanol–water partition coefficient (Wildman–Crippen LogP) is 3.27. The molecule has 0 spiro atoms. The number of primary amides is 1. The summed E-state index contributed by atoms with van der Waals surface area (Å²) in [5.74, 6) is 0.331. The van der Waals surface area contributed by atoms with Gasteiger partial charge in [0.1, 0.15) is 23.1 Å². The lowest BCUT2D eigenvalue weighted by atomic mass is 10.2. The molecule has 0 unspecified atom stereocenters. The molecule has 4 aromatic rings. The first-order valence-corrected chi connectivity index (χ1v) is 10.5. The minimum absolute atomic E-state index is 0.144. The highest BCUT2D eigenvalue weighted by molar-refractivity contribution is 7.19. The molecule has 158 valence electrons. The predicted molar refractivity (Wildman–Crippen MR) is 119 cm³/mol. The molecule has 3 N–H and O–H groups in total. The van der Waals surface area contributed by atoms with Crippen LogP contribution in [0.25, 0.3) is 10.3 Å². The summed E-state index contributed by atoms with van der Waals surface area (Å²) in [6.07, 6.45) is 1.79. The summed E-state index contributed by atoms with van der Waals surface area (Å²) >= 11 is 1.46. The van der Waals surface area contributed by atoms with Crippen molar-refractivity contribution in [3.63, 3.8) is 0 Å². The SMILES string of the molecule is COc1cccc(C[NH2+]C(=O)c2c(C=N)c3sc(Cc4ccc(F)cc4)nc3n2C)c1. The number of methoxy groups -OCH3 is 1. The van der Waals surface area contributed by atoms with Crippen LogP contribution < -0.4 is 10.1 Å². The molecule has 0 atom stereocenters. The van der Waals surface area contributed by atoms with Crippen molar-refractivity contribution in [1.82, 2.24) is 9.55 Å². The van der Waals surface area contributed by atoms with Gasteiger partial charge in [-0.2, -0.15) is 0 Å². The van der Waals surface area contributed by atoms with Crippen molar-refractivity contribution in [3.05, 3.63) is 81.7 Å². The molecular weight excluding hydrogens is 415 g/mol. The van der Waals surface area contributed by atoms with Gasteiger partial charge in [0.25, 0.3) is 0 Å². The average molecular weight is 438 g/mol. The van der Waals surface area contributed by atoms with E-state index in [1.807, 2.05) is 24.3 Å². The molecule has 31 heavy (non-hydrogen) atoms. The van der Waals surface area contributed by atoms with Crippen LogP contribution in [0.5, 0.6) is 5.75 Å². The number of benzene rings is 2. The smallest absolute Gasteiger partial charge is 0.360 e. The van der Waals surface area contributed by atoms with Crippen LogP contribution in [-0.4, -0.2) is 28.8 Å². The Balaban J connectivity index is 1.58. The fourth-order valence-corrected chi connectivity index (χ4v) is 4.69. The number of carbonyl (C=O) groups is 1. The highest BCUT2D eigenvalue weighted by Gasteiger charge is 2.25. The summed E-state index contributed by atoms with van der Waals surface area (Å²) < 4.78 is 20.9. The Bertz CT molecular complexity index is 1260. The van der Waals surface area contributed by atoms with Gasteiger partial charge in [-0.15, -0.1) is 11.3 Å². The molecule has 0 saturated carbocycles. The van der Waals surface area contributed by atoms with Crippen LogP contribution in [0, 0.1) is 11.2 Å². The monoisotopic (exact) mass is 437 g/mol. The Morgan fingerprint density at radius 3 is 2.74 bits per heavy atom. The summed E-state index contributed by atoms with van der Waals surface area (Å²) in [6.45, 7) is 0.468. The van der Waals surface area contributed by atoms with Crippen molar-refractivity contribution in [2.45, 2.75) is 13.0 Å². The number of hydrogen-bond donors (Lipinski definition) is 2. The first-order valence-electron chi connectivity index (χ1n) is 9.73. The van der Waals surface area contributed by atoms with E-state index in [1.165, 1.54) is 29.7 Å². The van der Waals surface area contributed by atoms with Crippen LogP contribution in [-0.2, 0) is 20.0 Å². The lowest BCUT2D eigenvalue weighted by Crippen LogP contribution is -2.86. The van der Waals surface area contributed by atoms with Gasteiger partial charge in [0.05, 0.1) is 11.8 Å². The zero-order chi connectivity index (χ0) is 22.0. The quantitative estimate of drug-likeness (QED) is 0.435. The zero-order valence-electron chi connectivity index (χ0n) is 17.2. The minimum atomic E-state index is -0.271. The Kier molecular flexibility index (Phi) is 5.92. The molecular formula is C23H22FN4O2S+. The second-order valence-electron chi connectivity index (χ2n) is 7.15. The van der Waals surface area contributed by atoms with Crippen LogP contribution in [0.1, 0.15) is 32.2 Å². The molecule has 0 aliphatic carbocycles. The molecule has 2 aromatic heterocycles. The maximum atomic E-state index is 13.1. The van der Waals surface area contributed by atoms with Gasteiger partial charge in [-0.1, -0.05) is 24.3 Å². The lowest BCUT2D eigenvalue weighted by molar-refractivity contribution is -0.572. The van der Waals surface area contributed by atoms with Gasteiger partial charge in [0, 0.05) is 30.8 Å². The van der Waals surface area contributed by atoms with E-state index in [0.717, 1.165) is 26.6 Å². The molecule has 0 fully saturated rings. The maximum absolute atomic E-state index is 13.1. The zero-order valence-corrected chi connectivity index (χ0v) is 18.0. The summed E-state index contributed by atoms with van der Waals surface area (Å²) in [5, 5.41) is 10.4. The van der Waals surface area contributed by atoms with Crippen LogP contribution >= 0.6 is 11.3 Å². The number of thiazole rings is 1. The fourth-order valence-electron chi connectivity index (χ4n) is 3.54. The van der Waals surface area contributed by atoms with E-state index in [-0.39, 0.29) is 11.7 Å². The number of amides is 1. The van der Waals surface area contributed by atoms with E-state index in [2.05, 4.69) is 4.98 Å². The summed E-state index contributed by atoms with van der Waals surface area (Å²) in [7, 11) is 3.40. The number of nitrogens with zero attached hydrogens (tertiary/aromatic N) is 2. The lowest BCUT2D eigenvalue weighted by Gasteiger charge is -2.05. The molecule has 2 heterocycles. The third-order valence-electron chi connectivity index (χ3n) is 5.11. The van der Waals surface area contributed by atoms with Crippen molar-refractivity contribution in [1.29, 1.82) is 5.41 Å². The normalized spacial score (nSPS) is 11.1. The van der Waals surface area contributed by atoms with Gasteiger partial charge in [-0.05, 0) is 29.8 Å².